The van der Waals surface area contributed by atoms with Crippen LogP contribution in [0.25, 0.3) is 10.2 Å². The summed E-state index contributed by atoms with van der Waals surface area (Å²) in [6.45, 7) is 0.163. The number of hydrogen-bond acceptors (Lipinski definition) is 5. The van der Waals surface area contributed by atoms with E-state index in [2.05, 4.69) is 10.3 Å². The maximum absolute atomic E-state index is 12.1. The predicted octanol–water partition coefficient (Wildman–Crippen LogP) is 3.06. The van der Waals surface area contributed by atoms with Crippen molar-refractivity contribution < 1.29 is 9.90 Å². The van der Waals surface area contributed by atoms with Crippen LogP contribution in [0, 0.1) is 5.92 Å². The normalized spacial score (nSPS) is 21.9. The van der Waals surface area contributed by atoms with Crippen molar-refractivity contribution in [2.75, 3.05) is 12.4 Å². The molecule has 2 aromatic rings. The number of nitrogens with one attached hydrogen (secondary N) is 1. The average Bonchev–Trinajstić information content (AvgIpc) is 2.96. The Kier molecular flexibility index (Phi) is 5.33. The van der Waals surface area contributed by atoms with E-state index < -0.39 is 0 Å². The second-order valence-corrected chi connectivity index (χ2v) is 7.89. The van der Waals surface area contributed by atoms with Gasteiger partial charge in [0.1, 0.15) is 0 Å². The molecule has 0 bridgehead atoms. The van der Waals surface area contributed by atoms with Crippen LogP contribution in [-0.4, -0.2) is 34.4 Å². The number of thiazole rings is 1. The Morgan fingerprint density at radius 2 is 2.18 bits per heavy atom. The van der Waals surface area contributed by atoms with E-state index in [1.165, 1.54) is 11.8 Å². The molecule has 1 aromatic carbocycles. The van der Waals surface area contributed by atoms with Crippen LogP contribution in [0.1, 0.15) is 25.7 Å². The number of hydrogen-bond donors (Lipinski definition) is 2. The topological polar surface area (TPSA) is 62.2 Å². The lowest BCUT2D eigenvalue weighted by molar-refractivity contribution is -0.120. The summed E-state index contributed by atoms with van der Waals surface area (Å²) in [5, 5.41) is 12.5. The first-order valence-corrected chi connectivity index (χ1v) is 9.45. The summed E-state index contributed by atoms with van der Waals surface area (Å²) in [5.74, 6) is 0.633. The Labute approximate surface area is 138 Å². The SMILES string of the molecule is O=C(CSc1nc2ccccc2s1)NC1CCCCC1CO. The zero-order valence-corrected chi connectivity index (χ0v) is 14.0. The lowest BCUT2D eigenvalue weighted by atomic mass is 9.85. The maximum Gasteiger partial charge on any atom is 0.230 e. The van der Waals surface area contributed by atoms with E-state index in [1.54, 1.807) is 11.3 Å². The molecule has 1 aliphatic rings. The summed E-state index contributed by atoms with van der Waals surface area (Å²) in [6.07, 6.45) is 4.26. The second kappa shape index (κ2) is 7.44. The summed E-state index contributed by atoms with van der Waals surface area (Å²) in [6, 6.07) is 8.14. The van der Waals surface area contributed by atoms with Crippen molar-refractivity contribution in [1.29, 1.82) is 0 Å². The highest BCUT2D eigenvalue weighted by Gasteiger charge is 2.25. The highest BCUT2D eigenvalue weighted by molar-refractivity contribution is 8.01. The Hall–Kier alpha value is -1.11. The summed E-state index contributed by atoms with van der Waals surface area (Å²) in [7, 11) is 0. The average molecular weight is 336 g/mol. The number of fused-ring (bicyclic) bond motifs is 1. The van der Waals surface area contributed by atoms with Crippen molar-refractivity contribution in [3.05, 3.63) is 24.3 Å². The molecule has 3 rings (SSSR count). The molecule has 2 atom stereocenters. The van der Waals surface area contributed by atoms with Crippen LogP contribution in [-0.2, 0) is 4.79 Å². The number of thioether (sulfide) groups is 1. The molecule has 1 aromatic heterocycles. The monoisotopic (exact) mass is 336 g/mol. The van der Waals surface area contributed by atoms with E-state index in [1.807, 2.05) is 24.3 Å². The summed E-state index contributed by atoms with van der Waals surface area (Å²) in [4.78, 5) is 16.6. The van der Waals surface area contributed by atoms with E-state index in [9.17, 15) is 9.90 Å². The van der Waals surface area contributed by atoms with Gasteiger partial charge in [-0.3, -0.25) is 4.79 Å². The molecule has 4 nitrogen and oxygen atoms in total. The number of rotatable bonds is 5. The van der Waals surface area contributed by atoms with Crippen molar-refractivity contribution in [2.45, 2.75) is 36.1 Å². The van der Waals surface area contributed by atoms with Gasteiger partial charge in [-0.1, -0.05) is 36.7 Å². The summed E-state index contributed by atoms with van der Waals surface area (Å²) >= 11 is 3.11. The molecule has 0 aliphatic heterocycles. The van der Waals surface area contributed by atoms with Crippen molar-refractivity contribution in [1.82, 2.24) is 10.3 Å². The first-order valence-electron chi connectivity index (χ1n) is 7.65. The molecule has 1 heterocycles. The minimum atomic E-state index is 0.0367. The van der Waals surface area contributed by atoms with Gasteiger partial charge in [-0.05, 0) is 25.0 Å². The molecule has 1 amide bonds. The largest absolute Gasteiger partial charge is 0.396 e. The van der Waals surface area contributed by atoms with Crippen LogP contribution in [0.2, 0.25) is 0 Å². The molecule has 1 saturated carbocycles. The van der Waals surface area contributed by atoms with E-state index in [4.69, 9.17) is 0 Å². The second-order valence-electron chi connectivity index (χ2n) is 5.64. The Bertz CT molecular complexity index is 611. The van der Waals surface area contributed by atoms with Gasteiger partial charge >= 0.3 is 0 Å². The van der Waals surface area contributed by atoms with E-state index in [0.29, 0.717) is 5.75 Å². The molecule has 1 aliphatic carbocycles. The number of aliphatic hydroxyl groups excluding tert-OH is 1. The van der Waals surface area contributed by atoms with Crippen LogP contribution in [0.5, 0.6) is 0 Å². The number of para-hydroxylation sites is 1. The number of carbonyl (C=O) groups excluding carboxylic acids is 1. The van der Waals surface area contributed by atoms with Crippen molar-refractivity contribution in [2.24, 2.45) is 5.92 Å². The van der Waals surface area contributed by atoms with Gasteiger partial charge in [-0.15, -0.1) is 11.3 Å². The van der Waals surface area contributed by atoms with Crippen LogP contribution in [0.15, 0.2) is 28.6 Å². The van der Waals surface area contributed by atoms with Crippen molar-refractivity contribution in [3.63, 3.8) is 0 Å². The van der Waals surface area contributed by atoms with Crippen LogP contribution < -0.4 is 5.32 Å². The number of benzene rings is 1. The number of aliphatic hydroxyl groups is 1. The Morgan fingerprint density at radius 1 is 1.36 bits per heavy atom. The van der Waals surface area contributed by atoms with Gasteiger partial charge in [0.05, 0.1) is 16.0 Å². The molecule has 0 radical (unpaired) electrons. The predicted molar refractivity (Wildman–Crippen MR) is 91.3 cm³/mol. The summed E-state index contributed by atoms with van der Waals surface area (Å²) in [5.41, 5.74) is 0.989. The lowest BCUT2D eigenvalue weighted by Gasteiger charge is -2.30. The fraction of sp³-hybridized carbons (Fsp3) is 0.500. The molecule has 1 fully saturated rings. The molecule has 118 valence electrons. The van der Waals surface area contributed by atoms with E-state index >= 15 is 0 Å². The highest BCUT2D eigenvalue weighted by Crippen LogP contribution is 2.29. The third-order valence-electron chi connectivity index (χ3n) is 4.09. The third kappa shape index (κ3) is 3.80. The fourth-order valence-electron chi connectivity index (χ4n) is 2.90. The summed E-state index contributed by atoms with van der Waals surface area (Å²) < 4.78 is 2.08. The fourth-order valence-corrected chi connectivity index (χ4v) is 4.78. The number of nitrogens with zero attached hydrogens (tertiary/aromatic N) is 1. The number of amides is 1. The van der Waals surface area contributed by atoms with Gasteiger partial charge in [-0.2, -0.15) is 0 Å². The van der Waals surface area contributed by atoms with Gasteiger partial charge in [0.25, 0.3) is 0 Å². The standard InChI is InChI=1S/C16H20N2O2S2/c19-9-11-5-1-2-6-12(11)17-15(20)10-21-16-18-13-7-3-4-8-14(13)22-16/h3-4,7-8,11-12,19H,1-2,5-6,9-10H2,(H,17,20). The van der Waals surface area contributed by atoms with Gasteiger partial charge in [-0.25, -0.2) is 4.98 Å². The zero-order chi connectivity index (χ0) is 15.4. The Morgan fingerprint density at radius 3 is 3.00 bits per heavy atom. The van der Waals surface area contributed by atoms with Crippen LogP contribution in [0.4, 0.5) is 0 Å². The minimum Gasteiger partial charge on any atom is -0.396 e. The van der Waals surface area contributed by atoms with E-state index in [-0.39, 0.29) is 24.5 Å². The van der Waals surface area contributed by atoms with Crippen molar-refractivity contribution in [3.8, 4) is 0 Å². The molecular formula is C16H20N2O2S2. The highest BCUT2D eigenvalue weighted by atomic mass is 32.2. The first kappa shape index (κ1) is 15.8. The first-order chi connectivity index (χ1) is 10.8. The quantitative estimate of drug-likeness (QED) is 0.824. The van der Waals surface area contributed by atoms with Crippen molar-refractivity contribution >= 4 is 39.2 Å². The smallest absolute Gasteiger partial charge is 0.230 e. The van der Waals surface area contributed by atoms with Crippen LogP contribution >= 0.6 is 23.1 Å². The zero-order valence-electron chi connectivity index (χ0n) is 12.3. The van der Waals surface area contributed by atoms with Crippen LogP contribution in [0.3, 0.4) is 0 Å². The maximum atomic E-state index is 12.1. The minimum absolute atomic E-state index is 0.0367. The molecule has 0 saturated heterocycles. The van der Waals surface area contributed by atoms with Gasteiger partial charge in [0.15, 0.2) is 4.34 Å². The molecule has 2 unspecified atom stereocenters. The molecule has 22 heavy (non-hydrogen) atoms. The Balaban J connectivity index is 1.53. The lowest BCUT2D eigenvalue weighted by Crippen LogP contribution is -2.44. The van der Waals surface area contributed by atoms with E-state index in [0.717, 1.165) is 40.2 Å². The molecule has 0 spiro atoms. The number of carbonyl (C=O) groups is 1. The van der Waals surface area contributed by atoms with Gasteiger partial charge in [0, 0.05) is 18.6 Å². The third-order valence-corrected chi connectivity index (χ3v) is 6.27. The molecule has 2 N–H and O–H groups in total. The van der Waals surface area contributed by atoms with Gasteiger partial charge in [0.2, 0.25) is 5.91 Å². The number of aromatic nitrogens is 1. The molecular weight excluding hydrogens is 316 g/mol. The molecule has 6 heteroatoms. The van der Waals surface area contributed by atoms with Gasteiger partial charge < -0.3 is 10.4 Å².